The van der Waals surface area contributed by atoms with E-state index < -0.39 is 0 Å². The smallest absolute Gasteiger partial charge is 0.238 e. The fourth-order valence-electron chi connectivity index (χ4n) is 2.23. The van der Waals surface area contributed by atoms with Crippen molar-refractivity contribution in [2.75, 3.05) is 5.32 Å². The first kappa shape index (κ1) is 13.5. The van der Waals surface area contributed by atoms with Gasteiger partial charge in [0.2, 0.25) is 17.6 Å². The van der Waals surface area contributed by atoms with Crippen molar-refractivity contribution in [3.05, 3.63) is 47.0 Å². The van der Waals surface area contributed by atoms with E-state index in [1.165, 1.54) is 11.8 Å². The van der Waals surface area contributed by atoms with Gasteiger partial charge in [0.15, 0.2) is 0 Å². The Balaban J connectivity index is 1.53. The molecule has 0 bridgehead atoms. The van der Waals surface area contributed by atoms with E-state index in [4.69, 9.17) is 4.52 Å². The maximum Gasteiger partial charge on any atom is 0.238 e. The van der Waals surface area contributed by atoms with Crippen molar-refractivity contribution in [2.45, 2.75) is 16.6 Å². The minimum Gasteiger partial charge on any atom is -0.339 e. The van der Waals surface area contributed by atoms with Gasteiger partial charge < -0.3 is 9.84 Å². The molecule has 0 saturated heterocycles. The molecule has 1 atom stereocenters. The Morgan fingerprint density at radius 1 is 1.27 bits per heavy atom. The second-order valence-electron chi connectivity index (χ2n) is 4.82. The van der Waals surface area contributed by atoms with Gasteiger partial charge in [-0.2, -0.15) is 16.3 Å². The van der Waals surface area contributed by atoms with E-state index in [-0.39, 0.29) is 11.2 Å². The summed E-state index contributed by atoms with van der Waals surface area (Å²) in [5, 5.41) is 10.6. The number of carbonyl (C=O) groups excluding carboxylic acids is 1. The van der Waals surface area contributed by atoms with E-state index in [1.54, 1.807) is 11.3 Å². The number of thiophene rings is 1. The normalized spacial score (nSPS) is 17.1. The van der Waals surface area contributed by atoms with Crippen LogP contribution in [0.5, 0.6) is 0 Å². The Bertz CT molecular complexity index is 814. The topological polar surface area (TPSA) is 68.0 Å². The molecule has 0 spiro atoms. The lowest BCUT2D eigenvalue weighted by molar-refractivity contribution is -0.115. The lowest BCUT2D eigenvalue weighted by atomic mass is 10.2. The average molecular weight is 329 g/mol. The van der Waals surface area contributed by atoms with Crippen molar-refractivity contribution in [1.82, 2.24) is 10.1 Å². The largest absolute Gasteiger partial charge is 0.339 e. The van der Waals surface area contributed by atoms with E-state index in [0.717, 1.165) is 16.1 Å². The Morgan fingerprint density at radius 2 is 2.18 bits per heavy atom. The first-order valence-electron chi connectivity index (χ1n) is 6.71. The average Bonchev–Trinajstić information content (AvgIpc) is 3.18. The number of amides is 1. The van der Waals surface area contributed by atoms with Crippen LogP contribution in [0.4, 0.5) is 5.69 Å². The zero-order valence-electron chi connectivity index (χ0n) is 11.4. The summed E-state index contributed by atoms with van der Waals surface area (Å²) in [6, 6.07) is 9.71. The van der Waals surface area contributed by atoms with Gasteiger partial charge in [0.1, 0.15) is 0 Å². The number of thioether (sulfide) groups is 1. The predicted molar refractivity (Wildman–Crippen MR) is 86.0 cm³/mol. The summed E-state index contributed by atoms with van der Waals surface area (Å²) in [5.41, 5.74) is 1.80. The van der Waals surface area contributed by atoms with Crippen molar-refractivity contribution in [3.63, 3.8) is 0 Å². The fraction of sp³-hybridized carbons (Fsp3) is 0.133. The molecule has 0 unspecified atom stereocenters. The highest BCUT2D eigenvalue weighted by molar-refractivity contribution is 8.01. The molecule has 3 heterocycles. The third kappa shape index (κ3) is 2.53. The summed E-state index contributed by atoms with van der Waals surface area (Å²) in [7, 11) is 0. The van der Waals surface area contributed by atoms with Crippen LogP contribution in [-0.4, -0.2) is 21.3 Å². The Labute approximate surface area is 134 Å². The van der Waals surface area contributed by atoms with Crippen molar-refractivity contribution >= 4 is 34.7 Å². The standard InChI is InChI=1S/C15H11N3O2S2/c19-15-12(22-11-4-2-1-3-10(11)16-15)7-13-17-14(18-20-13)9-5-6-21-8-9/h1-6,8,12H,7H2,(H,16,19)/t12-/m0/s1. The summed E-state index contributed by atoms with van der Waals surface area (Å²) in [6.45, 7) is 0. The number of hydrogen-bond donors (Lipinski definition) is 1. The molecule has 2 aromatic heterocycles. The molecule has 5 nitrogen and oxygen atoms in total. The third-order valence-corrected chi connectivity index (χ3v) is 5.27. The Kier molecular flexibility index (Phi) is 3.44. The number of anilines is 1. The molecule has 1 aromatic carbocycles. The highest BCUT2D eigenvalue weighted by Gasteiger charge is 2.28. The fourth-order valence-corrected chi connectivity index (χ4v) is 3.97. The number of hydrogen-bond acceptors (Lipinski definition) is 6. The highest BCUT2D eigenvalue weighted by Crippen LogP contribution is 2.36. The molecule has 0 fully saturated rings. The molecule has 4 rings (SSSR count). The molecule has 1 aliphatic rings. The van der Waals surface area contributed by atoms with Crippen molar-refractivity contribution in [1.29, 1.82) is 0 Å². The van der Waals surface area contributed by atoms with E-state index in [1.807, 2.05) is 41.1 Å². The monoisotopic (exact) mass is 329 g/mol. The lowest BCUT2D eigenvalue weighted by Crippen LogP contribution is -2.30. The lowest BCUT2D eigenvalue weighted by Gasteiger charge is -2.22. The van der Waals surface area contributed by atoms with Gasteiger partial charge in [-0.15, -0.1) is 11.8 Å². The van der Waals surface area contributed by atoms with Crippen LogP contribution in [0.15, 0.2) is 50.5 Å². The number of fused-ring (bicyclic) bond motifs is 1. The molecule has 0 radical (unpaired) electrons. The predicted octanol–water partition coefficient (Wildman–Crippen LogP) is 3.45. The maximum absolute atomic E-state index is 12.2. The molecule has 0 aliphatic carbocycles. The SMILES string of the molecule is O=C1Nc2ccccc2S[C@H]1Cc1nc(-c2ccsc2)no1. The van der Waals surface area contributed by atoms with Gasteiger partial charge in [-0.1, -0.05) is 17.3 Å². The first-order chi connectivity index (χ1) is 10.8. The van der Waals surface area contributed by atoms with Gasteiger partial charge in [0, 0.05) is 22.3 Å². The minimum absolute atomic E-state index is 0.0287. The van der Waals surface area contributed by atoms with Gasteiger partial charge >= 0.3 is 0 Å². The number of aromatic nitrogens is 2. The zero-order valence-corrected chi connectivity index (χ0v) is 13.0. The number of nitrogens with zero attached hydrogens (tertiary/aromatic N) is 2. The molecule has 0 saturated carbocycles. The quantitative estimate of drug-likeness (QED) is 0.797. The second-order valence-corrected chi connectivity index (χ2v) is 6.84. The minimum atomic E-state index is -0.259. The van der Waals surface area contributed by atoms with Crippen molar-refractivity contribution in [2.24, 2.45) is 0 Å². The maximum atomic E-state index is 12.2. The van der Waals surface area contributed by atoms with E-state index in [0.29, 0.717) is 18.1 Å². The molecule has 110 valence electrons. The number of para-hydroxylation sites is 1. The van der Waals surface area contributed by atoms with Gasteiger partial charge in [-0.05, 0) is 23.6 Å². The van der Waals surface area contributed by atoms with Crippen LogP contribution in [-0.2, 0) is 11.2 Å². The van der Waals surface area contributed by atoms with Crippen LogP contribution >= 0.6 is 23.1 Å². The molecule has 1 N–H and O–H groups in total. The van der Waals surface area contributed by atoms with Crippen LogP contribution in [0.2, 0.25) is 0 Å². The number of carbonyl (C=O) groups is 1. The molecule has 1 aliphatic heterocycles. The summed E-state index contributed by atoms with van der Waals surface area (Å²) >= 11 is 3.11. The molecule has 1 amide bonds. The first-order valence-corrected chi connectivity index (χ1v) is 8.53. The summed E-state index contributed by atoms with van der Waals surface area (Å²) in [6.07, 6.45) is 0.419. The van der Waals surface area contributed by atoms with E-state index >= 15 is 0 Å². The van der Waals surface area contributed by atoms with Gasteiger partial charge in [-0.3, -0.25) is 4.79 Å². The van der Waals surface area contributed by atoms with Crippen LogP contribution in [0.25, 0.3) is 11.4 Å². The van der Waals surface area contributed by atoms with E-state index in [9.17, 15) is 4.79 Å². The number of rotatable bonds is 3. The Morgan fingerprint density at radius 3 is 3.05 bits per heavy atom. The Hall–Kier alpha value is -2.12. The zero-order chi connectivity index (χ0) is 14.9. The number of benzene rings is 1. The summed E-state index contributed by atoms with van der Waals surface area (Å²) in [4.78, 5) is 17.6. The summed E-state index contributed by atoms with van der Waals surface area (Å²) < 4.78 is 5.28. The van der Waals surface area contributed by atoms with Gasteiger partial charge in [0.25, 0.3) is 0 Å². The van der Waals surface area contributed by atoms with Crippen molar-refractivity contribution in [3.8, 4) is 11.4 Å². The highest BCUT2D eigenvalue weighted by atomic mass is 32.2. The van der Waals surface area contributed by atoms with Gasteiger partial charge in [-0.25, -0.2) is 0 Å². The van der Waals surface area contributed by atoms with E-state index in [2.05, 4.69) is 15.5 Å². The number of nitrogens with one attached hydrogen (secondary N) is 1. The van der Waals surface area contributed by atoms with Crippen molar-refractivity contribution < 1.29 is 9.32 Å². The molecule has 22 heavy (non-hydrogen) atoms. The van der Waals surface area contributed by atoms with Crippen LogP contribution < -0.4 is 5.32 Å². The van der Waals surface area contributed by atoms with Crippen LogP contribution in [0.3, 0.4) is 0 Å². The molecular weight excluding hydrogens is 318 g/mol. The van der Waals surface area contributed by atoms with Crippen LogP contribution in [0.1, 0.15) is 5.89 Å². The summed E-state index contributed by atoms with van der Waals surface area (Å²) in [5.74, 6) is 1.02. The molecular formula is C15H11N3O2S2. The van der Waals surface area contributed by atoms with Crippen LogP contribution in [0, 0.1) is 0 Å². The molecule has 3 aromatic rings. The molecule has 7 heteroatoms. The van der Waals surface area contributed by atoms with Gasteiger partial charge in [0.05, 0.1) is 10.9 Å². The third-order valence-electron chi connectivity index (χ3n) is 3.31. The second kappa shape index (κ2) is 5.58.